The first kappa shape index (κ1) is 16.1. The topological polar surface area (TPSA) is 26.3 Å². The molecule has 0 fully saturated rings. The van der Waals surface area contributed by atoms with Gasteiger partial charge in [-0.25, -0.2) is 4.39 Å². The van der Waals surface area contributed by atoms with Gasteiger partial charge in [-0.05, 0) is 20.3 Å². The molecule has 0 aliphatic carbocycles. The van der Waals surface area contributed by atoms with Gasteiger partial charge >= 0.3 is 17.8 Å². The zero-order valence-electron chi connectivity index (χ0n) is 9.83. The average Bonchev–Trinajstić information content (AvgIpc) is 2.25. The second-order valence-corrected chi connectivity index (χ2v) is 4.36. The molecular formula is C10H15F5O2. The minimum Gasteiger partial charge on any atom is -0.459 e. The maximum atomic E-state index is 12.8. The Balaban J connectivity index is 4.53. The molecule has 0 radical (unpaired) electrons. The summed E-state index contributed by atoms with van der Waals surface area (Å²) < 4.78 is 66.3. The number of carbonyl (C=O) groups is 1. The molecule has 0 saturated carbocycles. The number of alkyl halides is 5. The second-order valence-electron chi connectivity index (χ2n) is 4.36. The molecule has 0 N–H and O–H groups in total. The smallest absolute Gasteiger partial charge is 0.346 e. The normalized spacial score (nSPS) is 13.6. The van der Waals surface area contributed by atoms with Crippen LogP contribution in [0, 0.1) is 5.41 Å². The molecule has 0 rings (SSSR count). The number of hydrogen-bond donors (Lipinski definition) is 0. The minimum atomic E-state index is -4.83. The van der Waals surface area contributed by atoms with Crippen molar-refractivity contribution in [2.45, 2.75) is 39.0 Å². The fraction of sp³-hybridized carbons (Fsp3) is 0.900. The number of rotatable bonds is 6. The van der Waals surface area contributed by atoms with E-state index in [-0.39, 0.29) is 0 Å². The van der Waals surface area contributed by atoms with Gasteiger partial charge in [-0.1, -0.05) is 6.92 Å². The number of hydrogen-bond acceptors (Lipinski definition) is 2. The van der Waals surface area contributed by atoms with Crippen molar-refractivity contribution in [2.75, 3.05) is 13.3 Å². The molecule has 0 unspecified atom stereocenters. The van der Waals surface area contributed by atoms with Crippen LogP contribution in [0.2, 0.25) is 0 Å². The van der Waals surface area contributed by atoms with Gasteiger partial charge in [0.25, 0.3) is 0 Å². The summed E-state index contributed by atoms with van der Waals surface area (Å²) in [5.74, 6) is -10.6. The van der Waals surface area contributed by atoms with Crippen molar-refractivity contribution in [3.05, 3.63) is 0 Å². The first-order valence-electron chi connectivity index (χ1n) is 4.99. The Kier molecular flexibility index (Phi) is 4.91. The summed E-state index contributed by atoms with van der Waals surface area (Å²) in [6, 6.07) is 0. The van der Waals surface area contributed by atoms with Crippen LogP contribution in [0.25, 0.3) is 0 Å². The van der Waals surface area contributed by atoms with Gasteiger partial charge in [-0.3, -0.25) is 4.79 Å². The highest BCUT2D eigenvalue weighted by atomic mass is 19.3. The van der Waals surface area contributed by atoms with E-state index < -0.39 is 36.5 Å². The molecule has 0 aliphatic rings. The summed E-state index contributed by atoms with van der Waals surface area (Å²) in [5.41, 5.74) is -1.04. The Labute approximate surface area is 96.1 Å². The number of ether oxygens (including phenoxy) is 1. The van der Waals surface area contributed by atoms with E-state index in [0.29, 0.717) is 6.42 Å². The summed E-state index contributed by atoms with van der Waals surface area (Å²) in [4.78, 5) is 11.3. The van der Waals surface area contributed by atoms with E-state index in [1.807, 2.05) is 0 Å². The number of carbonyl (C=O) groups excluding carboxylic acids is 1. The largest absolute Gasteiger partial charge is 0.459 e. The monoisotopic (exact) mass is 262 g/mol. The fourth-order valence-corrected chi connectivity index (χ4v) is 0.699. The van der Waals surface area contributed by atoms with Crippen LogP contribution in [-0.2, 0) is 9.53 Å². The molecule has 102 valence electrons. The van der Waals surface area contributed by atoms with Gasteiger partial charge in [0.05, 0.1) is 5.41 Å². The lowest BCUT2D eigenvalue weighted by Gasteiger charge is -2.26. The molecule has 0 aromatic rings. The molecule has 2 nitrogen and oxygen atoms in total. The van der Waals surface area contributed by atoms with Gasteiger partial charge < -0.3 is 4.74 Å². The van der Waals surface area contributed by atoms with Crippen molar-refractivity contribution >= 4 is 5.97 Å². The maximum absolute atomic E-state index is 12.8. The van der Waals surface area contributed by atoms with E-state index in [1.54, 1.807) is 6.92 Å². The Bertz CT molecular complexity index is 276. The summed E-state index contributed by atoms with van der Waals surface area (Å²) in [6.07, 6.45) is 0.302. The number of esters is 1. The summed E-state index contributed by atoms with van der Waals surface area (Å²) in [5, 5.41) is 0. The maximum Gasteiger partial charge on any atom is 0.346 e. The van der Waals surface area contributed by atoms with Gasteiger partial charge in [0.1, 0.15) is 0 Å². The molecule has 0 amide bonds. The van der Waals surface area contributed by atoms with E-state index in [9.17, 15) is 26.7 Å². The Morgan fingerprint density at radius 3 is 1.94 bits per heavy atom. The van der Waals surface area contributed by atoms with E-state index in [0.717, 1.165) is 0 Å². The van der Waals surface area contributed by atoms with Crippen molar-refractivity contribution in [3.8, 4) is 0 Å². The highest BCUT2D eigenvalue weighted by molar-refractivity contribution is 5.75. The molecular weight excluding hydrogens is 247 g/mol. The van der Waals surface area contributed by atoms with Crippen molar-refractivity contribution in [3.63, 3.8) is 0 Å². The van der Waals surface area contributed by atoms with Gasteiger partial charge in [-0.2, -0.15) is 17.6 Å². The fourth-order valence-electron chi connectivity index (χ4n) is 0.699. The van der Waals surface area contributed by atoms with Crippen LogP contribution in [0.4, 0.5) is 22.0 Å². The van der Waals surface area contributed by atoms with Crippen LogP contribution in [0.15, 0.2) is 0 Å². The van der Waals surface area contributed by atoms with Crippen LogP contribution in [0.3, 0.4) is 0 Å². The molecule has 7 heteroatoms. The summed E-state index contributed by atoms with van der Waals surface area (Å²) in [7, 11) is 0. The lowest BCUT2D eigenvalue weighted by Crippen LogP contribution is -2.47. The van der Waals surface area contributed by atoms with Crippen molar-refractivity contribution in [1.29, 1.82) is 0 Å². The van der Waals surface area contributed by atoms with Gasteiger partial charge in [0.2, 0.25) is 0 Å². The van der Waals surface area contributed by atoms with E-state index in [1.165, 1.54) is 13.8 Å². The summed E-state index contributed by atoms with van der Waals surface area (Å²) >= 11 is 0. The molecule has 0 saturated heterocycles. The van der Waals surface area contributed by atoms with Crippen molar-refractivity contribution < 1.29 is 31.5 Å². The standard InChI is InChI=1S/C10H15F5O2/c1-4-8(2,3)7(16)17-6-10(14,15)9(12,13)5-11/h4-6H2,1-3H3. The zero-order chi connectivity index (χ0) is 13.9. The van der Waals surface area contributed by atoms with Gasteiger partial charge in [-0.15, -0.1) is 0 Å². The molecule has 0 aromatic carbocycles. The molecule has 0 spiro atoms. The van der Waals surface area contributed by atoms with Crippen LogP contribution >= 0.6 is 0 Å². The van der Waals surface area contributed by atoms with E-state index in [2.05, 4.69) is 4.74 Å². The third-order valence-electron chi connectivity index (χ3n) is 2.52. The van der Waals surface area contributed by atoms with Crippen LogP contribution in [0.5, 0.6) is 0 Å². The van der Waals surface area contributed by atoms with Gasteiger partial charge in [0, 0.05) is 0 Å². The SMILES string of the molecule is CCC(C)(C)C(=O)OCC(F)(F)C(F)(F)CF. The van der Waals surface area contributed by atoms with Gasteiger partial charge in [0.15, 0.2) is 13.3 Å². The molecule has 17 heavy (non-hydrogen) atoms. The zero-order valence-corrected chi connectivity index (χ0v) is 9.83. The predicted molar refractivity (Wildman–Crippen MR) is 50.9 cm³/mol. The lowest BCUT2D eigenvalue weighted by molar-refractivity contribution is -0.238. The first-order valence-corrected chi connectivity index (χ1v) is 4.99. The predicted octanol–water partition coefficient (Wildman–Crippen LogP) is 3.21. The molecule has 0 atom stereocenters. The first-order chi connectivity index (χ1) is 7.50. The van der Waals surface area contributed by atoms with Crippen LogP contribution in [0.1, 0.15) is 27.2 Å². The lowest BCUT2D eigenvalue weighted by atomic mass is 9.91. The third-order valence-corrected chi connectivity index (χ3v) is 2.52. The van der Waals surface area contributed by atoms with E-state index >= 15 is 0 Å². The highest BCUT2D eigenvalue weighted by Gasteiger charge is 2.57. The molecule has 0 bridgehead atoms. The Morgan fingerprint density at radius 1 is 1.12 bits per heavy atom. The van der Waals surface area contributed by atoms with Crippen LogP contribution in [-0.4, -0.2) is 31.1 Å². The Hall–Kier alpha value is -0.880. The summed E-state index contributed by atoms with van der Waals surface area (Å²) in [6.45, 7) is 0.151. The Morgan fingerprint density at radius 2 is 1.59 bits per heavy atom. The van der Waals surface area contributed by atoms with Crippen molar-refractivity contribution in [2.24, 2.45) is 5.41 Å². The third kappa shape index (κ3) is 3.81. The average molecular weight is 262 g/mol. The van der Waals surface area contributed by atoms with Crippen molar-refractivity contribution in [1.82, 2.24) is 0 Å². The molecule has 0 aliphatic heterocycles. The molecule has 0 aromatic heterocycles. The quantitative estimate of drug-likeness (QED) is 0.542. The van der Waals surface area contributed by atoms with Crippen LogP contribution < -0.4 is 0 Å². The highest BCUT2D eigenvalue weighted by Crippen LogP contribution is 2.35. The number of halogens is 5. The van der Waals surface area contributed by atoms with E-state index in [4.69, 9.17) is 0 Å². The molecule has 0 heterocycles. The minimum absolute atomic E-state index is 0.302. The second kappa shape index (κ2) is 5.18.